The smallest absolute Gasteiger partial charge is 0.142 e. The van der Waals surface area contributed by atoms with Crippen molar-refractivity contribution in [2.24, 2.45) is 0 Å². The summed E-state index contributed by atoms with van der Waals surface area (Å²) in [5.41, 5.74) is 0.838. The van der Waals surface area contributed by atoms with Crippen LogP contribution in [-0.4, -0.2) is 54.9 Å². The number of nitrogens with zero attached hydrogens (tertiary/aromatic N) is 5. The van der Waals surface area contributed by atoms with Gasteiger partial charge in [0.2, 0.25) is 0 Å². The zero-order valence-corrected chi connectivity index (χ0v) is 14.4. The van der Waals surface area contributed by atoms with Crippen LogP contribution in [-0.2, 0) is 11.1 Å². The Morgan fingerprint density at radius 3 is 2.96 bits per heavy atom. The molecule has 0 spiro atoms. The van der Waals surface area contributed by atoms with Crippen molar-refractivity contribution in [1.82, 2.24) is 19.9 Å². The molecule has 130 valence electrons. The third-order valence-electron chi connectivity index (χ3n) is 4.62. The van der Waals surface area contributed by atoms with Crippen molar-refractivity contribution in [2.75, 3.05) is 29.9 Å². The predicted octanol–water partition coefficient (Wildman–Crippen LogP) is 1.31. The zero-order chi connectivity index (χ0) is 17.4. The minimum atomic E-state index is -2.25. The van der Waals surface area contributed by atoms with Crippen LogP contribution < -0.4 is 9.80 Å². The Labute approximate surface area is 147 Å². The van der Waals surface area contributed by atoms with E-state index >= 15 is 0 Å². The van der Waals surface area contributed by atoms with Gasteiger partial charge in [-0.05, 0) is 35.7 Å². The lowest BCUT2D eigenvalue weighted by molar-refractivity contribution is 0.536. The number of fused-ring (bicyclic) bond motifs is 1. The molecule has 8 nitrogen and oxygen atoms in total. The highest BCUT2D eigenvalue weighted by atomic mass is 32.2. The molecular weight excluding hydrogens is 340 g/mol. The molecular formula is C16H17N6O2S-. The molecule has 4 heterocycles. The van der Waals surface area contributed by atoms with Crippen LogP contribution in [0.25, 0.3) is 11.0 Å². The van der Waals surface area contributed by atoms with Crippen molar-refractivity contribution in [1.29, 1.82) is 0 Å². The molecule has 3 aromatic heterocycles. The summed E-state index contributed by atoms with van der Waals surface area (Å²) in [5, 5.41) is 1.02. The van der Waals surface area contributed by atoms with E-state index in [1.54, 1.807) is 18.5 Å². The number of likely N-dealkylation sites (N-methyl/N-ethyl adjacent to an activating group) is 1. The van der Waals surface area contributed by atoms with Crippen molar-refractivity contribution in [2.45, 2.75) is 17.4 Å². The largest absolute Gasteiger partial charge is 0.768 e. The minimum absolute atomic E-state index is 0.195. The third-order valence-corrected chi connectivity index (χ3v) is 5.24. The first-order valence-electron chi connectivity index (χ1n) is 7.94. The molecule has 2 unspecified atom stereocenters. The summed E-state index contributed by atoms with van der Waals surface area (Å²) in [4.78, 5) is 20.6. The predicted molar refractivity (Wildman–Crippen MR) is 94.3 cm³/mol. The number of aromatic nitrogens is 4. The van der Waals surface area contributed by atoms with Crippen molar-refractivity contribution < 1.29 is 8.76 Å². The number of rotatable bonds is 4. The SMILES string of the molecule is CN(c1ccc(S(=O)[O-])cn1)C1CCN(c2ncnc3[nH]ccc23)C1. The van der Waals surface area contributed by atoms with Crippen molar-refractivity contribution in [3.05, 3.63) is 36.9 Å². The van der Waals surface area contributed by atoms with Gasteiger partial charge in [-0.3, -0.25) is 4.21 Å². The summed E-state index contributed by atoms with van der Waals surface area (Å²) in [7, 11) is 1.98. The normalized spacial score (nSPS) is 18.6. The number of aromatic amines is 1. The van der Waals surface area contributed by atoms with E-state index < -0.39 is 11.1 Å². The molecule has 0 radical (unpaired) electrons. The second kappa shape index (κ2) is 6.41. The number of nitrogens with one attached hydrogen (secondary N) is 1. The van der Waals surface area contributed by atoms with Crippen molar-refractivity contribution in [3.63, 3.8) is 0 Å². The molecule has 1 aliphatic rings. The van der Waals surface area contributed by atoms with Gasteiger partial charge < -0.3 is 19.3 Å². The van der Waals surface area contributed by atoms with E-state index in [1.165, 1.54) is 6.20 Å². The second-order valence-corrected chi connectivity index (χ2v) is 6.96. The van der Waals surface area contributed by atoms with E-state index in [9.17, 15) is 8.76 Å². The van der Waals surface area contributed by atoms with Crippen molar-refractivity contribution in [3.8, 4) is 0 Å². The fourth-order valence-electron chi connectivity index (χ4n) is 3.23. The quantitative estimate of drug-likeness (QED) is 0.702. The van der Waals surface area contributed by atoms with Crippen LogP contribution in [0.2, 0.25) is 0 Å². The van der Waals surface area contributed by atoms with E-state index in [0.717, 1.165) is 42.2 Å². The van der Waals surface area contributed by atoms with Gasteiger partial charge in [0.1, 0.15) is 23.6 Å². The fraction of sp³-hybridized carbons (Fsp3) is 0.312. The van der Waals surface area contributed by atoms with E-state index in [-0.39, 0.29) is 10.9 Å². The highest BCUT2D eigenvalue weighted by Crippen LogP contribution is 2.28. The average Bonchev–Trinajstić information content (AvgIpc) is 3.30. The summed E-state index contributed by atoms with van der Waals surface area (Å²) in [6, 6.07) is 5.58. The first kappa shape index (κ1) is 16.0. The second-order valence-electron chi connectivity index (χ2n) is 6.02. The van der Waals surface area contributed by atoms with Crippen molar-refractivity contribution >= 4 is 33.7 Å². The van der Waals surface area contributed by atoms with E-state index in [2.05, 4.69) is 29.7 Å². The molecule has 2 atom stereocenters. The van der Waals surface area contributed by atoms with Gasteiger partial charge in [0, 0.05) is 43.5 Å². The van der Waals surface area contributed by atoms with Gasteiger partial charge in [-0.2, -0.15) is 0 Å². The van der Waals surface area contributed by atoms with E-state index in [4.69, 9.17) is 0 Å². The molecule has 0 aromatic carbocycles. The van der Waals surface area contributed by atoms with Crippen LogP contribution in [0, 0.1) is 0 Å². The lowest BCUT2D eigenvalue weighted by atomic mass is 10.2. The summed E-state index contributed by atoms with van der Waals surface area (Å²) >= 11 is -2.25. The minimum Gasteiger partial charge on any atom is -0.768 e. The molecule has 0 saturated carbocycles. The van der Waals surface area contributed by atoms with Gasteiger partial charge in [-0.15, -0.1) is 0 Å². The van der Waals surface area contributed by atoms with Crippen LogP contribution in [0.15, 0.2) is 41.8 Å². The molecule has 0 aliphatic carbocycles. The Morgan fingerprint density at radius 2 is 2.20 bits per heavy atom. The Hall–Kier alpha value is -2.52. The maximum absolute atomic E-state index is 10.9. The molecule has 1 fully saturated rings. The molecule has 1 aliphatic heterocycles. The maximum Gasteiger partial charge on any atom is 0.142 e. The molecule has 25 heavy (non-hydrogen) atoms. The van der Waals surface area contributed by atoms with E-state index in [1.807, 2.05) is 19.3 Å². The number of H-pyrrole nitrogens is 1. The standard InChI is InChI=1S/C16H18N6O2S/c1-21(14-3-2-12(8-18-14)25(23)24)11-5-7-22(9-11)16-13-4-6-17-15(13)19-10-20-16/h2-4,6,8,10-11H,5,7,9H2,1H3,(H,23,24)(H,17,19,20)/p-1. The van der Waals surface area contributed by atoms with Crippen LogP contribution >= 0.6 is 0 Å². The lowest BCUT2D eigenvalue weighted by Crippen LogP contribution is -2.35. The lowest BCUT2D eigenvalue weighted by Gasteiger charge is -2.26. The maximum atomic E-state index is 10.9. The highest BCUT2D eigenvalue weighted by Gasteiger charge is 2.28. The summed E-state index contributed by atoms with van der Waals surface area (Å²) in [6.07, 6.45) is 5.81. The Kier molecular flexibility index (Phi) is 4.10. The fourth-order valence-corrected chi connectivity index (χ4v) is 3.55. The topological polar surface area (TPSA) is 101 Å². The number of anilines is 2. The van der Waals surface area contributed by atoms with Gasteiger partial charge in [-0.25, -0.2) is 15.0 Å². The Balaban J connectivity index is 1.52. The van der Waals surface area contributed by atoms with Gasteiger partial charge in [0.15, 0.2) is 0 Å². The molecule has 0 bridgehead atoms. The molecule has 4 rings (SSSR count). The monoisotopic (exact) mass is 357 g/mol. The van der Waals surface area contributed by atoms with Gasteiger partial charge in [0.05, 0.1) is 5.39 Å². The molecule has 0 amide bonds. The first-order chi connectivity index (χ1) is 12.1. The van der Waals surface area contributed by atoms with Crippen LogP contribution in [0.1, 0.15) is 6.42 Å². The highest BCUT2D eigenvalue weighted by molar-refractivity contribution is 7.79. The molecule has 9 heteroatoms. The van der Waals surface area contributed by atoms with Crippen LogP contribution in [0.3, 0.4) is 0 Å². The molecule has 1 saturated heterocycles. The summed E-state index contributed by atoms with van der Waals surface area (Å²) in [6.45, 7) is 1.72. The number of hydrogen-bond donors (Lipinski definition) is 1. The molecule has 1 N–H and O–H groups in total. The van der Waals surface area contributed by atoms with Gasteiger partial charge in [-0.1, -0.05) is 0 Å². The summed E-state index contributed by atoms with van der Waals surface area (Å²) in [5.74, 6) is 1.70. The average molecular weight is 357 g/mol. The Morgan fingerprint density at radius 1 is 1.32 bits per heavy atom. The van der Waals surface area contributed by atoms with Gasteiger partial charge in [0.25, 0.3) is 0 Å². The van der Waals surface area contributed by atoms with Crippen LogP contribution in [0.5, 0.6) is 0 Å². The third kappa shape index (κ3) is 2.96. The number of pyridine rings is 1. The van der Waals surface area contributed by atoms with Crippen LogP contribution in [0.4, 0.5) is 11.6 Å². The first-order valence-corrected chi connectivity index (χ1v) is 9.02. The van der Waals surface area contributed by atoms with E-state index in [0.29, 0.717) is 0 Å². The molecule has 3 aromatic rings. The summed E-state index contributed by atoms with van der Waals surface area (Å²) < 4.78 is 21.9. The number of hydrogen-bond acceptors (Lipinski definition) is 7. The van der Waals surface area contributed by atoms with Gasteiger partial charge >= 0.3 is 0 Å². The Bertz CT molecular complexity index is 912. The zero-order valence-electron chi connectivity index (χ0n) is 13.6.